The molecule has 3 nitrogen and oxygen atoms in total. The molecule has 4 rings (SSSR count). The number of ether oxygens (including phenoxy) is 1. The number of thioether (sulfide) groups is 1. The number of nitriles is 1. The maximum absolute atomic E-state index is 9.57. The molecular formula is C24H18N2OS2. The number of aryl methyl sites for hydroxylation is 1. The molecule has 1 aromatic heterocycles. The molecule has 0 bridgehead atoms. The summed E-state index contributed by atoms with van der Waals surface area (Å²) in [6.07, 6.45) is 1.87. The maximum atomic E-state index is 9.57. The zero-order valence-electron chi connectivity index (χ0n) is 15.8. The van der Waals surface area contributed by atoms with E-state index >= 15 is 0 Å². The monoisotopic (exact) mass is 414 g/mol. The van der Waals surface area contributed by atoms with Gasteiger partial charge < -0.3 is 4.74 Å². The number of para-hydroxylation sites is 1. The third kappa shape index (κ3) is 5.05. The Balaban J connectivity index is 1.47. The molecule has 0 unspecified atom stereocenters. The first kappa shape index (κ1) is 19.3. The summed E-state index contributed by atoms with van der Waals surface area (Å²) in [6.45, 7) is 2.58. The number of aromatic nitrogens is 1. The molecule has 0 aliphatic heterocycles. The van der Waals surface area contributed by atoms with Gasteiger partial charge in [0.15, 0.2) is 4.34 Å². The van der Waals surface area contributed by atoms with Gasteiger partial charge in [-0.25, -0.2) is 4.98 Å². The van der Waals surface area contributed by atoms with Gasteiger partial charge in [0, 0.05) is 0 Å². The Labute approximate surface area is 178 Å². The van der Waals surface area contributed by atoms with Gasteiger partial charge in [0.25, 0.3) is 0 Å². The standard InChI is InChI=1S/C24H18N2OS2/c1-17-9-11-18(12-10-17)16-27-20-6-4-5-19(13-20)14-21(15-25)28-24-26-22-7-2-3-8-23(22)29-24/h2-14H,16H2,1H3. The van der Waals surface area contributed by atoms with Crippen LogP contribution in [0.25, 0.3) is 16.3 Å². The van der Waals surface area contributed by atoms with E-state index in [-0.39, 0.29) is 0 Å². The molecular weight excluding hydrogens is 396 g/mol. The molecule has 29 heavy (non-hydrogen) atoms. The molecule has 0 aliphatic rings. The van der Waals surface area contributed by atoms with Crippen molar-refractivity contribution in [1.29, 1.82) is 5.26 Å². The normalized spacial score (nSPS) is 11.4. The number of fused-ring (bicyclic) bond motifs is 1. The molecule has 0 radical (unpaired) electrons. The predicted octanol–water partition coefficient (Wildman–Crippen LogP) is 6.84. The van der Waals surface area contributed by atoms with Crippen LogP contribution in [0.1, 0.15) is 16.7 Å². The van der Waals surface area contributed by atoms with E-state index in [4.69, 9.17) is 4.74 Å². The number of rotatable bonds is 6. The van der Waals surface area contributed by atoms with Gasteiger partial charge in [-0.2, -0.15) is 5.26 Å². The van der Waals surface area contributed by atoms with Crippen LogP contribution >= 0.6 is 23.1 Å². The second-order valence-electron chi connectivity index (χ2n) is 6.52. The van der Waals surface area contributed by atoms with E-state index in [1.54, 1.807) is 11.3 Å². The molecule has 3 aromatic carbocycles. The lowest BCUT2D eigenvalue weighted by atomic mass is 10.1. The Kier molecular flexibility index (Phi) is 5.95. The summed E-state index contributed by atoms with van der Waals surface area (Å²) in [6, 6.07) is 26.4. The van der Waals surface area contributed by atoms with Crippen LogP contribution in [0.5, 0.6) is 5.75 Å². The van der Waals surface area contributed by atoms with Gasteiger partial charge in [0.2, 0.25) is 0 Å². The van der Waals surface area contributed by atoms with Crippen LogP contribution in [-0.4, -0.2) is 4.98 Å². The molecule has 0 amide bonds. The summed E-state index contributed by atoms with van der Waals surface area (Å²) < 4.78 is 7.91. The minimum atomic E-state index is 0.513. The Hall–Kier alpha value is -3.07. The highest BCUT2D eigenvalue weighted by molar-refractivity contribution is 8.05. The Morgan fingerprint density at radius 1 is 1.10 bits per heavy atom. The van der Waals surface area contributed by atoms with Gasteiger partial charge in [0.05, 0.1) is 15.1 Å². The fraction of sp³-hybridized carbons (Fsp3) is 0.0833. The van der Waals surface area contributed by atoms with Crippen LogP contribution < -0.4 is 4.74 Å². The van der Waals surface area contributed by atoms with Gasteiger partial charge in [-0.05, 0) is 60.2 Å². The summed E-state index contributed by atoms with van der Waals surface area (Å²) in [5.74, 6) is 0.779. The van der Waals surface area contributed by atoms with E-state index < -0.39 is 0 Å². The third-order valence-corrected chi connectivity index (χ3v) is 6.29. The molecule has 142 valence electrons. The lowest BCUT2D eigenvalue weighted by Crippen LogP contribution is -1.95. The van der Waals surface area contributed by atoms with E-state index in [0.29, 0.717) is 11.5 Å². The quantitative estimate of drug-likeness (QED) is 0.256. The van der Waals surface area contributed by atoms with Gasteiger partial charge >= 0.3 is 0 Å². The second kappa shape index (κ2) is 8.95. The van der Waals surface area contributed by atoms with Crippen molar-refractivity contribution in [3.8, 4) is 11.8 Å². The number of thiazole rings is 1. The molecule has 0 N–H and O–H groups in total. The number of hydrogen-bond acceptors (Lipinski definition) is 5. The van der Waals surface area contributed by atoms with Crippen molar-refractivity contribution < 1.29 is 4.74 Å². The maximum Gasteiger partial charge on any atom is 0.156 e. The minimum Gasteiger partial charge on any atom is -0.489 e. The van der Waals surface area contributed by atoms with Crippen LogP contribution in [0.4, 0.5) is 0 Å². The van der Waals surface area contributed by atoms with Crippen molar-refractivity contribution in [2.75, 3.05) is 0 Å². The predicted molar refractivity (Wildman–Crippen MR) is 121 cm³/mol. The first-order valence-electron chi connectivity index (χ1n) is 9.13. The zero-order valence-corrected chi connectivity index (χ0v) is 17.5. The van der Waals surface area contributed by atoms with Gasteiger partial charge in [-0.1, -0.05) is 54.1 Å². The average Bonchev–Trinajstić information content (AvgIpc) is 3.15. The van der Waals surface area contributed by atoms with Crippen LogP contribution in [-0.2, 0) is 6.61 Å². The van der Waals surface area contributed by atoms with E-state index in [1.165, 1.54) is 17.3 Å². The summed E-state index contributed by atoms with van der Waals surface area (Å²) in [5, 5.41) is 9.57. The molecule has 0 saturated carbocycles. The second-order valence-corrected chi connectivity index (χ2v) is 8.84. The lowest BCUT2D eigenvalue weighted by molar-refractivity contribution is 0.306. The SMILES string of the molecule is Cc1ccc(COc2cccc(C=C(C#N)Sc3nc4ccccc4s3)c2)cc1. The van der Waals surface area contributed by atoms with Gasteiger partial charge in [-0.15, -0.1) is 11.3 Å². The molecule has 1 heterocycles. The van der Waals surface area contributed by atoms with Gasteiger partial charge in [0.1, 0.15) is 18.4 Å². The van der Waals surface area contributed by atoms with Crippen LogP contribution in [0, 0.1) is 18.3 Å². The van der Waals surface area contributed by atoms with Crippen molar-refractivity contribution in [1.82, 2.24) is 4.98 Å². The summed E-state index contributed by atoms with van der Waals surface area (Å²) >= 11 is 2.99. The fourth-order valence-electron chi connectivity index (χ4n) is 2.77. The van der Waals surface area contributed by atoms with Gasteiger partial charge in [-0.3, -0.25) is 0 Å². The molecule has 4 aromatic rings. The summed E-state index contributed by atoms with van der Waals surface area (Å²) in [4.78, 5) is 5.19. The highest BCUT2D eigenvalue weighted by atomic mass is 32.2. The van der Waals surface area contributed by atoms with E-state index in [9.17, 15) is 5.26 Å². The molecule has 0 atom stereocenters. The van der Waals surface area contributed by atoms with Crippen molar-refractivity contribution in [2.24, 2.45) is 0 Å². The Morgan fingerprint density at radius 3 is 2.72 bits per heavy atom. The number of benzene rings is 3. The molecule has 0 spiro atoms. The van der Waals surface area contributed by atoms with Crippen LogP contribution in [0.15, 0.2) is 82.0 Å². The number of hydrogen-bond donors (Lipinski definition) is 0. The number of allylic oxidation sites excluding steroid dienone is 1. The van der Waals surface area contributed by atoms with E-state index in [2.05, 4.69) is 42.2 Å². The molecule has 0 aliphatic carbocycles. The smallest absolute Gasteiger partial charge is 0.156 e. The number of nitrogens with zero attached hydrogens (tertiary/aromatic N) is 2. The van der Waals surface area contributed by atoms with Crippen LogP contribution in [0.3, 0.4) is 0 Å². The third-order valence-electron chi connectivity index (χ3n) is 4.26. The first-order valence-corrected chi connectivity index (χ1v) is 10.8. The van der Waals surface area contributed by atoms with Crippen molar-refractivity contribution in [2.45, 2.75) is 17.9 Å². The van der Waals surface area contributed by atoms with Crippen LogP contribution in [0.2, 0.25) is 0 Å². The fourth-order valence-corrected chi connectivity index (χ4v) is 4.74. The summed E-state index contributed by atoms with van der Waals surface area (Å²) in [7, 11) is 0. The van der Waals surface area contributed by atoms with Crippen molar-refractivity contribution in [3.63, 3.8) is 0 Å². The zero-order chi connectivity index (χ0) is 20.1. The topological polar surface area (TPSA) is 45.9 Å². The largest absolute Gasteiger partial charge is 0.489 e. The highest BCUT2D eigenvalue weighted by Crippen LogP contribution is 2.34. The lowest BCUT2D eigenvalue weighted by Gasteiger charge is -2.07. The van der Waals surface area contributed by atoms with E-state index in [0.717, 1.165) is 31.4 Å². The molecule has 0 fully saturated rings. The average molecular weight is 415 g/mol. The first-order chi connectivity index (χ1) is 14.2. The van der Waals surface area contributed by atoms with E-state index in [1.807, 2.05) is 54.6 Å². The summed E-state index contributed by atoms with van der Waals surface area (Å²) in [5.41, 5.74) is 4.25. The molecule has 5 heteroatoms. The highest BCUT2D eigenvalue weighted by Gasteiger charge is 2.07. The van der Waals surface area contributed by atoms with Crippen molar-refractivity contribution in [3.05, 3.63) is 94.4 Å². The Morgan fingerprint density at radius 2 is 1.93 bits per heavy atom. The Bertz CT molecular complexity index is 1170. The minimum absolute atomic E-state index is 0.513. The van der Waals surface area contributed by atoms with Crippen molar-refractivity contribution >= 4 is 39.4 Å². The molecule has 0 saturated heterocycles.